The van der Waals surface area contributed by atoms with Crippen LogP contribution in [0.4, 0.5) is 5.69 Å². The van der Waals surface area contributed by atoms with E-state index in [9.17, 15) is 14.9 Å². The first-order chi connectivity index (χ1) is 9.08. The molecule has 1 aromatic rings. The third kappa shape index (κ3) is 3.42. The molecule has 0 spiro atoms. The fraction of sp³-hybridized carbons (Fsp3) is 0.417. The Morgan fingerprint density at radius 1 is 1.58 bits per heavy atom. The van der Waals surface area contributed by atoms with Gasteiger partial charge < -0.3 is 9.47 Å². The Morgan fingerprint density at radius 2 is 2.37 bits per heavy atom. The number of halogens is 1. The summed E-state index contributed by atoms with van der Waals surface area (Å²) < 4.78 is 10.3. The summed E-state index contributed by atoms with van der Waals surface area (Å²) in [6, 6.07) is 3.84. The van der Waals surface area contributed by atoms with Gasteiger partial charge in [-0.25, -0.2) is 4.79 Å². The lowest BCUT2D eigenvalue weighted by atomic mass is 10.1. The molecule has 7 heteroatoms. The van der Waals surface area contributed by atoms with Crippen LogP contribution in [0.5, 0.6) is 0 Å². The summed E-state index contributed by atoms with van der Waals surface area (Å²) in [5.74, 6) is -0.391. The van der Waals surface area contributed by atoms with E-state index in [0.717, 1.165) is 12.5 Å². The quantitative estimate of drug-likeness (QED) is 0.482. The lowest BCUT2D eigenvalue weighted by Crippen LogP contribution is -2.14. The van der Waals surface area contributed by atoms with E-state index in [1.807, 2.05) is 0 Å². The molecular formula is C12H12ClNO5. The average Bonchev–Trinajstić information content (AvgIpc) is 2.89. The van der Waals surface area contributed by atoms with Crippen LogP contribution in [-0.4, -0.2) is 30.7 Å². The Hall–Kier alpha value is -1.66. The van der Waals surface area contributed by atoms with E-state index in [4.69, 9.17) is 21.1 Å². The molecule has 6 nitrogen and oxygen atoms in total. The summed E-state index contributed by atoms with van der Waals surface area (Å²) in [6.45, 7) is 1.51. The van der Waals surface area contributed by atoms with Crippen LogP contribution in [0.1, 0.15) is 16.8 Å². The van der Waals surface area contributed by atoms with E-state index in [-0.39, 0.29) is 28.8 Å². The van der Waals surface area contributed by atoms with E-state index in [1.165, 1.54) is 12.1 Å². The summed E-state index contributed by atoms with van der Waals surface area (Å²) in [7, 11) is 0. The van der Waals surface area contributed by atoms with Gasteiger partial charge in [0.05, 0.1) is 23.7 Å². The van der Waals surface area contributed by atoms with Gasteiger partial charge in [0.2, 0.25) is 0 Å². The second kappa shape index (κ2) is 5.99. The molecule has 1 unspecified atom stereocenters. The molecule has 1 aromatic carbocycles. The minimum Gasteiger partial charge on any atom is -0.462 e. The predicted molar refractivity (Wildman–Crippen MR) is 67.3 cm³/mol. The maximum Gasteiger partial charge on any atom is 0.338 e. The van der Waals surface area contributed by atoms with Gasteiger partial charge in [-0.05, 0) is 18.6 Å². The van der Waals surface area contributed by atoms with Gasteiger partial charge >= 0.3 is 5.97 Å². The predicted octanol–water partition coefficient (Wildman–Crippen LogP) is 2.44. The number of esters is 1. The fourth-order valence-corrected chi connectivity index (χ4v) is 1.96. The van der Waals surface area contributed by atoms with Crippen molar-refractivity contribution in [1.82, 2.24) is 0 Å². The van der Waals surface area contributed by atoms with Crippen LogP contribution in [0.2, 0.25) is 5.02 Å². The smallest absolute Gasteiger partial charge is 0.338 e. The SMILES string of the molecule is O=C(OCC1CCOC1)c1ccc(Cl)c([N+](=O)[O-])c1. The molecule has 1 atom stereocenters. The number of carbonyl (C=O) groups excluding carboxylic acids is 1. The molecule has 102 valence electrons. The van der Waals surface area contributed by atoms with Crippen molar-refractivity contribution in [2.75, 3.05) is 19.8 Å². The molecule has 1 aliphatic heterocycles. The lowest BCUT2D eigenvalue weighted by Gasteiger charge is -2.08. The van der Waals surface area contributed by atoms with Gasteiger partial charge in [-0.1, -0.05) is 11.6 Å². The first-order valence-corrected chi connectivity index (χ1v) is 6.14. The summed E-state index contributed by atoms with van der Waals surface area (Å²) in [5, 5.41) is 10.7. The van der Waals surface area contributed by atoms with Crippen LogP contribution in [0.25, 0.3) is 0 Å². The van der Waals surface area contributed by atoms with E-state index in [1.54, 1.807) is 0 Å². The molecule has 1 heterocycles. The number of rotatable bonds is 4. The van der Waals surface area contributed by atoms with Crippen molar-refractivity contribution in [2.45, 2.75) is 6.42 Å². The van der Waals surface area contributed by atoms with Crippen LogP contribution < -0.4 is 0 Å². The first kappa shape index (κ1) is 13.8. The van der Waals surface area contributed by atoms with Crippen LogP contribution in [-0.2, 0) is 9.47 Å². The van der Waals surface area contributed by atoms with Gasteiger partial charge in [0.1, 0.15) is 5.02 Å². The topological polar surface area (TPSA) is 78.7 Å². The van der Waals surface area contributed by atoms with Gasteiger partial charge in [0.15, 0.2) is 0 Å². The molecular weight excluding hydrogens is 274 g/mol. The van der Waals surface area contributed by atoms with E-state index >= 15 is 0 Å². The summed E-state index contributed by atoms with van der Waals surface area (Å²) in [6.07, 6.45) is 0.855. The number of benzene rings is 1. The zero-order valence-corrected chi connectivity index (χ0v) is 10.8. The Labute approximate surface area is 114 Å². The largest absolute Gasteiger partial charge is 0.462 e. The minimum atomic E-state index is -0.635. The maximum absolute atomic E-state index is 11.8. The molecule has 1 saturated heterocycles. The molecule has 0 saturated carbocycles. The Morgan fingerprint density at radius 3 is 3.00 bits per heavy atom. The van der Waals surface area contributed by atoms with Gasteiger partial charge in [-0.2, -0.15) is 0 Å². The maximum atomic E-state index is 11.8. The number of carbonyl (C=O) groups is 1. The Kier molecular flexibility index (Phi) is 4.34. The number of hydrogen-bond donors (Lipinski definition) is 0. The normalized spacial score (nSPS) is 18.3. The molecule has 0 N–H and O–H groups in total. The Bertz CT molecular complexity index is 499. The number of nitro benzene ring substituents is 1. The summed E-state index contributed by atoms with van der Waals surface area (Å²) >= 11 is 5.67. The third-order valence-corrected chi connectivity index (χ3v) is 3.17. The molecule has 0 aromatic heterocycles. The molecule has 1 fully saturated rings. The number of nitrogens with zero attached hydrogens (tertiary/aromatic N) is 1. The van der Waals surface area contributed by atoms with Crippen molar-refractivity contribution in [3.8, 4) is 0 Å². The monoisotopic (exact) mass is 285 g/mol. The second-order valence-corrected chi connectivity index (χ2v) is 4.66. The highest BCUT2D eigenvalue weighted by Crippen LogP contribution is 2.25. The van der Waals surface area contributed by atoms with Crippen LogP contribution in [0, 0.1) is 16.0 Å². The molecule has 0 radical (unpaired) electrons. The standard InChI is InChI=1S/C12H12ClNO5/c13-10-2-1-9(5-11(10)14(16)17)12(15)19-7-8-3-4-18-6-8/h1-2,5,8H,3-4,6-7H2. The van der Waals surface area contributed by atoms with Gasteiger partial charge in [0, 0.05) is 18.6 Å². The van der Waals surface area contributed by atoms with Crippen LogP contribution >= 0.6 is 11.6 Å². The first-order valence-electron chi connectivity index (χ1n) is 5.76. The lowest BCUT2D eigenvalue weighted by molar-refractivity contribution is -0.384. The molecule has 0 bridgehead atoms. The zero-order valence-electron chi connectivity index (χ0n) is 10.0. The molecule has 2 rings (SSSR count). The highest BCUT2D eigenvalue weighted by Gasteiger charge is 2.20. The third-order valence-electron chi connectivity index (χ3n) is 2.85. The zero-order chi connectivity index (χ0) is 13.8. The van der Waals surface area contributed by atoms with Gasteiger partial charge in [-0.15, -0.1) is 0 Å². The Balaban J connectivity index is 2.02. The fourth-order valence-electron chi connectivity index (χ4n) is 1.77. The molecule has 0 amide bonds. The van der Waals surface area contributed by atoms with E-state index < -0.39 is 10.9 Å². The highest BCUT2D eigenvalue weighted by atomic mass is 35.5. The van der Waals surface area contributed by atoms with Crippen molar-refractivity contribution in [2.24, 2.45) is 5.92 Å². The summed E-state index contributed by atoms with van der Waals surface area (Å²) in [4.78, 5) is 21.8. The minimum absolute atomic E-state index is 0.00857. The molecule has 19 heavy (non-hydrogen) atoms. The van der Waals surface area contributed by atoms with Crippen LogP contribution in [0.3, 0.4) is 0 Å². The second-order valence-electron chi connectivity index (χ2n) is 4.25. The molecule has 0 aliphatic carbocycles. The number of nitro groups is 1. The molecule has 1 aliphatic rings. The number of ether oxygens (including phenoxy) is 2. The van der Waals surface area contributed by atoms with Crippen molar-refractivity contribution in [3.05, 3.63) is 38.9 Å². The highest BCUT2D eigenvalue weighted by molar-refractivity contribution is 6.32. The van der Waals surface area contributed by atoms with Crippen molar-refractivity contribution < 1.29 is 19.2 Å². The summed E-state index contributed by atoms with van der Waals surface area (Å²) in [5.41, 5.74) is -0.185. The van der Waals surface area contributed by atoms with Crippen LogP contribution in [0.15, 0.2) is 18.2 Å². The van der Waals surface area contributed by atoms with Gasteiger partial charge in [-0.3, -0.25) is 10.1 Å². The average molecular weight is 286 g/mol. The van der Waals surface area contributed by atoms with E-state index in [2.05, 4.69) is 0 Å². The number of hydrogen-bond acceptors (Lipinski definition) is 5. The van der Waals surface area contributed by atoms with Crippen molar-refractivity contribution in [1.29, 1.82) is 0 Å². The van der Waals surface area contributed by atoms with Crippen molar-refractivity contribution >= 4 is 23.3 Å². The van der Waals surface area contributed by atoms with Crippen molar-refractivity contribution in [3.63, 3.8) is 0 Å². The van der Waals surface area contributed by atoms with E-state index in [0.29, 0.717) is 13.2 Å². The van der Waals surface area contributed by atoms with Gasteiger partial charge in [0.25, 0.3) is 5.69 Å².